The number of carbonyl (C=O) groups is 1. The van der Waals surface area contributed by atoms with E-state index in [1.807, 2.05) is 24.8 Å². The van der Waals surface area contributed by atoms with Crippen LogP contribution in [0.4, 0.5) is 0 Å². The monoisotopic (exact) mass is 329 g/mol. The number of ether oxygens (including phenoxy) is 1. The Labute approximate surface area is 136 Å². The van der Waals surface area contributed by atoms with Crippen LogP contribution in [0.25, 0.3) is 0 Å². The van der Waals surface area contributed by atoms with Crippen molar-refractivity contribution in [1.82, 2.24) is 5.32 Å². The van der Waals surface area contributed by atoms with Gasteiger partial charge in [0, 0.05) is 22.1 Å². The molecule has 118 valence electrons. The normalized spacial score (nSPS) is 12.9. The quantitative estimate of drug-likeness (QED) is 0.800. The summed E-state index contributed by atoms with van der Waals surface area (Å²) in [6, 6.07) is 5.38. The lowest BCUT2D eigenvalue weighted by atomic mass is 10.2. The number of rotatable bonds is 6. The van der Waals surface area contributed by atoms with Gasteiger partial charge in [-0.05, 0) is 37.6 Å². The highest BCUT2D eigenvalue weighted by atomic mass is 35.5. The number of halogens is 1. The van der Waals surface area contributed by atoms with E-state index < -0.39 is 6.10 Å². The Morgan fingerprint density at radius 3 is 2.67 bits per heavy atom. The Morgan fingerprint density at radius 1 is 1.43 bits per heavy atom. The van der Waals surface area contributed by atoms with E-state index in [0.29, 0.717) is 17.3 Å². The van der Waals surface area contributed by atoms with E-state index in [2.05, 4.69) is 26.1 Å². The van der Waals surface area contributed by atoms with Crippen molar-refractivity contribution < 1.29 is 9.53 Å². The maximum Gasteiger partial charge on any atom is 0.260 e. The van der Waals surface area contributed by atoms with Gasteiger partial charge in [0.25, 0.3) is 5.91 Å². The fourth-order valence-corrected chi connectivity index (χ4v) is 2.56. The van der Waals surface area contributed by atoms with Gasteiger partial charge in [-0.2, -0.15) is 11.8 Å². The summed E-state index contributed by atoms with van der Waals surface area (Å²) in [7, 11) is 0. The van der Waals surface area contributed by atoms with Gasteiger partial charge in [-0.15, -0.1) is 0 Å². The van der Waals surface area contributed by atoms with Gasteiger partial charge in [0.2, 0.25) is 0 Å². The molecule has 21 heavy (non-hydrogen) atoms. The lowest BCUT2D eigenvalue weighted by Gasteiger charge is -2.18. The van der Waals surface area contributed by atoms with Gasteiger partial charge in [-0.1, -0.05) is 32.4 Å². The van der Waals surface area contributed by atoms with Crippen LogP contribution in [0.2, 0.25) is 5.02 Å². The molecule has 0 unspecified atom stereocenters. The molecule has 1 rings (SSSR count). The molecule has 0 saturated carbocycles. The molecule has 0 aliphatic rings. The smallest absolute Gasteiger partial charge is 0.260 e. The van der Waals surface area contributed by atoms with Crippen molar-refractivity contribution in [2.24, 2.45) is 0 Å². The van der Waals surface area contributed by atoms with Crippen LogP contribution in [0.15, 0.2) is 18.2 Å². The second-order valence-corrected chi connectivity index (χ2v) is 8.25. The molecule has 1 amide bonds. The molecule has 1 N–H and O–H groups in total. The predicted octanol–water partition coefficient (Wildman–Crippen LogP) is 4.06. The van der Waals surface area contributed by atoms with Gasteiger partial charge in [-0.3, -0.25) is 4.79 Å². The Morgan fingerprint density at radius 2 is 2.10 bits per heavy atom. The van der Waals surface area contributed by atoms with Crippen LogP contribution in [-0.4, -0.2) is 29.1 Å². The summed E-state index contributed by atoms with van der Waals surface area (Å²) in [6.07, 6.45) is -0.523. The van der Waals surface area contributed by atoms with Crippen molar-refractivity contribution in [3.63, 3.8) is 0 Å². The second kappa shape index (κ2) is 7.95. The fourth-order valence-electron chi connectivity index (χ4n) is 1.62. The van der Waals surface area contributed by atoms with Gasteiger partial charge in [0.05, 0.1) is 0 Å². The van der Waals surface area contributed by atoms with Crippen molar-refractivity contribution in [3.05, 3.63) is 28.8 Å². The number of thioether (sulfide) groups is 1. The first-order chi connectivity index (χ1) is 9.69. The lowest BCUT2D eigenvalue weighted by molar-refractivity contribution is -0.127. The molecule has 0 aromatic heterocycles. The number of hydrogen-bond donors (Lipinski definition) is 1. The maximum atomic E-state index is 12.0. The number of aryl methyl sites for hydroxylation is 1. The van der Waals surface area contributed by atoms with Gasteiger partial charge < -0.3 is 10.1 Å². The van der Waals surface area contributed by atoms with E-state index in [-0.39, 0.29) is 10.7 Å². The van der Waals surface area contributed by atoms with Crippen LogP contribution in [-0.2, 0) is 4.79 Å². The van der Waals surface area contributed by atoms with Crippen LogP contribution >= 0.6 is 23.4 Å². The molecule has 0 aliphatic heterocycles. The molecule has 1 aromatic rings. The van der Waals surface area contributed by atoms with Crippen molar-refractivity contribution in [2.75, 3.05) is 12.3 Å². The van der Waals surface area contributed by atoms with Crippen molar-refractivity contribution >= 4 is 29.3 Å². The third-order valence-corrected chi connectivity index (χ3v) is 4.45. The minimum atomic E-state index is -0.523. The number of benzene rings is 1. The predicted molar refractivity (Wildman–Crippen MR) is 91.5 cm³/mol. The zero-order chi connectivity index (χ0) is 16.0. The number of amides is 1. The molecular formula is C16H24ClNO2S. The zero-order valence-corrected chi connectivity index (χ0v) is 14.9. The minimum absolute atomic E-state index is 0.0999. The average molecular weight is 330 g/mol. The Balaban J connectivity index is 2.39. The van der Waals surface area contributed by atoms with Gasteiger partial charge in [-0.25, -0.2) is 0 Å². The van der Waals surface area contributed by atoms with Gasteiger partial charge in [0.15, 0.2) is 6.10 Å². The first kappa shape index (κ1) is 18.2. The third-order valence-electron chi connectivity index (χ3n) is 2.75. The summed E-state index contributed by atoms with van der Waals surface area (Å²) in [5.41, 5.74) is 0.934. The topological polar surface area (TPSA) is 38.3 Å². The Bertz CT molecular complexity index is 486. The van der Waals surface area contributed by atoms with Crippen LogP contribution in [0.3, 0.4) is 0 Å². The summed E-state index contributed by atoms with van der Waals surface area (Å²) in [5, 5.41) is 3.58. The third kappa shape index (κ3) is 7.09. The highest BCUT2D eigenvalue weighted by Crippen LogP contribution is 2.23. The number of hydrogen-bond acceptors (Lipinski definition) is 3. The summed E-state index contributed by atoms with van der Waals surface area (Å²) >= 11 is 7.79. The van der Waals surface area contributed by atoms with E-state index in [1.54, 1.807) is 19.1 Å². The molecule has 0 fully saturated rings. The van der Waals surface area contributed by atoms with E-state index in [1.165, 1.54) is 0 Å². The SMILES string of the molecule is Cc1cc(O[C@H](C)C(=O)NCCSC(C)(C)C)ccc1Cl. The molecule has 1 atom stereocenters. The van der Waals surface area contributed by atoms with E-state index >= 15 is 0 Å². The van der Waals surface area contributed by atoms with Crippen LogP contribution in [0.1, 0.15) is 33.3 Å². The number of nitrogens with one attached hydrogen (secondary N) is 1. The highest BCUT2D eigenvalue weighted by Gasteiger charge is 2.15. The maximum absolute atomic E-state index is 12.0. The molecule has 3 nitrogen and oxygen atoms in total. The van der Waals surface area contributed by atoms with Crippen LogP contribution in [0.5, 0.6) is 5.75 Å². The first-order valence-corrected chi connectivity index (χ1v) is 8.40. The summed E-state index contributed by atoms with van der Waals surface area (Å²) < 4.78 is 5.85. The summed E-state index contributed by atoms with van der Waals surface area (Å²) in [5.74, 6) is 1.45. The zero-order valence-electron chi connectivity index (χ0n) is 13.3. The lowest BCUT2D eigenvalue weighted by Crippen LogP contribution is -2.37. The largest absolute Gasteiger partial charge is 0.481 e. The minimum Gasteiger partial charge on any atom is -0.481 e. The van der Waals surface area contributed by atoms with Crippen molar-refractivity contribution in [2.45, 2.75) is 45.5 Å². The molecule has 0 heterocycles. The van der Waals surface area contributed by atoms with Gasteiger partial charge in [0.1, 0.15) is 5.75 Å². The van der Waals surface area contributed by atoms with E-state index in [9.17, 15) is 4.79 Å². The summed E-state index contributed by atoms with van der Waals surface area (Å²) in [6.45, 7) is 10.8. The fraction of sp³-hybridized carbons (Fsp3) is 0.562. The Kier molecular flexibility index (Phi) is 6.88. The molecular weight excluding hydrogens is 306 g/mol. The van der Waals surface area contributed by atoms with E-state index in [4.69, 9.17) is 16.3 Å². The molecule has 1 aromatic carbocycles. The Hall–Kier alpha value is -0.870. The van der Waals surface area contributed by atoms with E-state index in [0.717, 1.165) is 11.3 Å². The van der Waals surface area contributed by atoms with Gasteiger partial charge >= 0.3 is 0 Å². The molecule has 5 heteroatoms. The average Bonchev–Trinajstić information content (AvgIpc) is 2.37. The first-order valence-electron chi connectivity index (χ1n) is 7.03. The second-order valence-electron chi connectivity index (χ2n) is 5.92. The van der Waals surface area contributed by atoms with Crippen molar-refractivity contribution in [3.8, 4) is 5.75 Å². The molecule has 0 bridgehead atoms. The van der Waals surface area contributed by atoms with Crippen molar-refractivity contribution in [1.29, 1.82) is 0 Å². The van der Waals surface area contributed by atoms with Crippen LogP contribution in [0, 0.1) is 6.92 Å². The molecule has 0 spiro atoms. The molecule has 0 radical (unpaired) electrons. The van der Waals surface area contributed by atoms with Crippen LogP contribution < -0.4 is 10.1 Å². The molecule has 0 saturated heterocycles. The highest BCUT2D eigenvalue weighted by molar-refractivity contribution is 8.00. The summed E-state index contributed by atoms with van der Waals surface area (Å²) in [4.78, 5) is 12.0. The standard InChI is InChI=1S/C16H24ClNO2S/c1-11-10-13(6-7-14(11)17)20-12(2)15(19)18-8-9-21-16(3,4)5/h6-7,10,12H,8-9H2,1-5H3,(H,18,19)/t12-/m1/s1. The molecule has 0 aliphatic carbocycles. The number of carbonyl (C=O) groups excluding carboxylic acids is 1.